The van der Waals surface area contributed by atoms with Gasteiger partial charge in [-0.3, -0.25) is 0 Å². The second-order valence-electron chi connectivity index (χ2n) is 4.71. The fourth-order valence-corrected chi connectivity index (χ4v) is 2.51. The molecule has 2 rings (SSSR count). The number of nitrogens with two attached hydrogens (primary N) is 1. The Morgan fingerprint density at radius 2 is 2.14 bits per heavy atom. The van der Waals surface area contributed by atoms with Gasteiger partial charge < -0.3 is 10.5 Å². The Hall–Kier alpha value is -1.37. The maximum atomic E-state index is 6.08. The van der Waals surface area contributed by atoms with Gasteiger partial charge in [0.2, 0.25) is 0 Å². The summed E-state index contributed by atoms with van der Waals surface area (Å²) in [6.45, 7) is 2.63. The second-order valence-corrected chi connectivity index (χ2v) is 5.49. The summed E-state index contributed by atoms with van der Waals surface area (Å²) >= 11 is 12.1. The van der Waals surface area contributed by atoms with Crippen molar-refractivity contribution < 1.29 is 4.74 Å². The number of ether oxygens (including phenoxy) is 1. The average molecular weight is 330 g/mol. The van der Waals surface area contributed by atoms with E-state index in [4.69, 9.17) is 33.7 Å². The quantitative estimate of drug-likeness (QED) is 0.823. The Kier molecular flexibility index (Phi) is 5.39. The van der Waals surface area contributed by atoms with Crippen LogP contribution in [0, 0.1) is 0 Å². The molecule has 21 heavy (non-hydrogen) atoms. The fourth-order valence-electron chi connectivity index (χ4n) is 2.17. The lowest BCUT2D eigenvalue weighted by Crippen LogP contribution is -2.17. The molecule has 0 fully saturated rings. The van der Waals surface area contributed by atoms with E-state index in [0.29, 0.717) is 28.2 Å². The smallest absolute Gasteiger partial charge is 0.182 e. The molecular formula is C13H17Cl2N5O. The van der Waals surface area contributed by atoms with Gasteiger partial charge in [-0.2, -0.15) is 0 Å². The molecule has 0 bridgehead atoms. The van der Waals surface area contributed by atoms with E-state index in [2.05, 4.69) is 22.4 Å². The number of benzene rings is 1. The first-order valence-electron chi connectivity index (χ1n) is 6.60. The second kappa shape index (κ2) is 7.06. The molecular weight excluding hydrogens is 313 g/mol. The minimum absolute atomic E-state index is 0.0562. The van der Waals surface area contributed by atoms with Gasteiger partial charge in [0, 0.05) is 12.7 Å². The van der Waals surface area contributed by atoms with E-state index < -0.39 is 0 Å². The molecule has 0 saturated carbocycles. The Bertz CT molecular complexity index is 587. The summed E-state index contributed by atoms with van der Waals surface area (Å²) in [4.78, 5) is 0. The summed E-state index contributed by atoms with van der Waals surface area (Å²) in [5.41, 5.74) is 6.97. The van der Waals surface area contributed by atoms with Crippen LogP contribution in [-0.2, 0) is 4.74 Å². The number of rotatable bonds is 6. The maximum Gasteiger partial charge on any atom is 0.182 e. The van der Waals surface area contributed by atoms with E-state index in [1.807, 2.05) is 0 Å². The molecule has 2 N–H and O–H groups in total. The van der Waals surface area contributed by atoms with Gasteiger partial charge in [0.15, 0.2) is 5.82 Å². The lowest BCUT2D eigenvalue weighted by Gasteiger charge is -2.17. The van der Waals surface area contributed by atoms with Gasteiger partial charge in [0.05, 0.1) is 28.4 Å². The molecule has 1 heterocycles. The molecule has 2 aromatic rings. The normalized spacial score (nSPS) is 12.6. The van der Waals surface area contributed by atoms with E-state index in [1.54, 1.807) is 23.9 Å². The van der Waals surface area contributed by atoms with Crippen LogP contribution in [0.25, 0.3) is 11.4 Å². The monoisotopic (exact) mass is 329 g/mol. The van der Waals surface area contributed by atoms with Gasteiger partial charge in [-0.15, -0.1) is 5.10 Å². The lowest BCUT2D eigenvalue weighted by molar-refractivity contribution is 0.144. The number of halogens is 2. The first-order valence-corrected chi connectivity index (χ1v) is 7.35. The van der Waals surface area contributed by atoms with Crippen molar-refractivity contribution in [2.75, 3.05) is 19.5 Å². The van der Waals surface area contributed by atoms with Gasteiger partial charge in [-0.25, -0.2) is 4.68 Å². The van der Waals surface area contributed by atoms with Crippen molar-refractivity contribution in [1.29, 1.82) is 0 Å². The third kappa shape index (κ3) is 3.45. The van der Waals surface area contributed by atoms with Crippen LogP contribution < -0.4 is 5.73 Å². The highest BCUT2D eigenvalue weighted by atomic mass is 35.5. The van der Waals surface area contributed by atoms with Crippen molar-refractivity contribution in [2.24, 2.45) is 0 Å². The zero-order chi connectivity index (χ0) is 15.4. The third-order valence-electron chi connectivity index (χ3n) is 3.13. The molecule has 1 aromatic heterocycles. The van der Waals surface area contributed by atoms with Crippen LogP contribution in [0.2, 0.25) is 10.0 Å². The number of anilines is 1. The summed E-state index contributed by atoms with van der Waals surface area (Å²) in [5, 5.41) is 12.6. The van der Waals surface area contributed by atoms with Gasteiger partial charge in [-0.05, 0) is 29.0 Å². The fraction of sp³-hybridized carbons (Fsp3) is 0.462. The number of nitrogens with zero attached hydrogens (tertiary/aromatic N) is 4. The molecule has 1 unspecified atom stereocenters. The van der Waals surface area contributed by atoms with E-state index in [-0.39, 0.29) is 6.04 Å². The van der Waals surface area contributed by atoms with Crippen LogP contribution in [-0.4, -0.2) is 33.9 Å². The molecule has 0 spiro atoms. The van der Waals surface area contributed by atoms with Gasteiger partial charge in [0.25, 0.3) is 0 Å². The van der Waals surface area contributed by atoms with Crippen molar-refractivity contribution in [3.8, 4) is 11.4 Å². The summed E-state index contributed by atoms with van der Waals surface area (Å²) in [5.74, 6) is 0.593. The number of methoxy groups -OCH3 is 1. The Morgan fingerprint density at radius 1 is 1.38 bits per heavy atom. The van der Waals surface area contributed by atoms with Crippen LogP contribution in [0.3, 0.4) is 0 Å². The lowest BCUT2D eigenvalue weighted by atomic mass is 10.1. The number of hydrogen-bond donors (Lipinski definition) is 1. The van der Waals surface area contributed by atoms with Crippen molar-refractivity contribution in [2.45, 2.75) is 25.8 Å². The molecule has 0 aliphatic heterocycles. The number of hydrogen-bond acceptors (Lipinski definition) is 5. The largest absolute Gasteiger partial charge is 0.397 e. The van der Waals surface area contributed by atoms with Crippen LogP contribution in [0.4, 0.5) is 5.69 Å². The highest BCUT2D eigenvalue weighted by Crippen LogP contribution is 2.33. The summed E-state index contributed by atoms with van der Waals surface area (Å²) in [6, 6.07) is 3.48. The van der Waals surface area contributed by atoms with Crippen molar-refractivity contribution in [1.82, 2.24) is 20.2 Å². The third-order valence-corrected chi connectivity index (χ3v) is 3.95. The predicted molar refractivity (Wildman–Crippen MR) is 83.5 cm³/mol. The minimum atomic E-state index is 0.0562. The molecule has 1 atom stereocenters. The molecule has 0 radical (unpaired) electrons. The summed E-state index contributed by atoms with van der Waals surface area (Å²) < 4.78 is 6.99. The molecule has 0 amide bonds. The van der Waals surface area contributed by atoms with Crippen molar-refractivity contribution in [3.05, 3.63) is 22.2 Å². The highest BCUT2D eigenvalue weighted by molar-refractivity contribution is 6.43. The molecule has 6 nitrogen and oxygen atoms in total. The van der Waals surface area contributed by atoms with Crippen molar-refractivity contribution >= 4 is 28.9 Å². The number of tetrazole rings is 1. The van der Waals surface area contributed by atoms with E-state index in [1.165, 1.54) is 0 Å². The Balaban J connectivity index is 2.44. The van der Waals surface area contributed by atoms with Gasteiger partial charge in [0.1, 0.15) is 0 Å². The summed E-state index contributed by atoms with van der Waals surface area (Å²) in [6.07, 6.45) is 1.90. The Morgan fingerprint density at radius 3 is 2.76 bits per heavy atom. The zero-order valence-corrected chi connectivity index (χ0v) is 13.4. The molecule has 0 aliphatic rings. The SMILES string of the molecule is CCCC(COC)n1nnnc1-c1cc(N)c(Cl)c(Cl)c1. The van der Waals surface area contributed by atoms with E-state index in [0.717, 1.165) is 18.4 Å². The standard InChI is InChI=1S/C13H17Cl2N5O/c1-3-4-9(7-21-2)20-13(17-18-19-20)8-5-10(14)12(15)11(16)6-8/h5-6,9H,3-4,7,16H2,1-2H3. The van der Waals surface area contributed by atoms with Crippen LogP contribution in [0.5, 0.6) is 0 Å². The van der Waals surface area contributed by atoms with Gasteiger partial charge in [-0.1, -0.05) is 36.5 Å². The number of aromatic nitrogens is 4. The molecule has 114 valence electrons. The molecule has 1 aromatic carbocycles. The zero-order valence-electron chi connectivity index (χ0n) is 11.9. The number of nitrogen functional groups attached to an aromatic ring is 1. The Labute approximate surface area is 133 Å². The van der Waals surface area contributed by atoms with Crippen LogP contribution >= 0.6 is 23.2 Å². The molecule has 0 aliphatic carbocycles. The first-order chi connectivity index (χ1) is 10.1. The molecule has 8 heteroatoms. The average Bonchev–Trinajstić information content (AvgIpc) is 2.93. The van der Waals surface area contributed by atoms with E-state index >= 15 is 0 Å². The summed E-state index contributed by atoms with van der Waals surface area (Å²) in [7, 11) is 1.66. The maximum absolute atomic E-state index is 6.08. The van der Waals surface area contributed by atoms with Crippen molar-refractivity contribution in [3.63, 3.8) is 0 Å². The predicted octanol–water partition coefficient (Wildman–Crippen LogP) is 3.22. The topological polar surface area (TPSA) is 78.8 Å². The van der Waals surface area contributed by atoms with E-state index in [9.17, 15) is 0 Å². The van der Waals surface area contributed by atoms with Crippen LogP contribution in [0.15, 0.2) is 12.1 Å². The molecule has 0 saturated heterocycles. The highest BCUT2D eigenvalue weighted by Gasteiger charge is 2.19. The van der Waals surface area contributed by atoms with Crippen LogP contribution in [0.1, 0.15) is 25.8 Å². The van der Waals surface area contributed by atoms with Gasteiger partial charge >= 0.3 is 0 Å². The minimum Gasteiger partial charge on any atom is -0.397 e. The first kappa shape index (κ1) is 16.0.